The largest absolute Gasteiger partial charge is 0.394 e. The van der Waals surface area contributed by atoms with Gasteiger partial charge in [0.15, 0.2) is 0 Å². The number of methoxy groups -OCH3 is 1. The fraction of sp³-hybridized carbons (Fsp3) is 0.524. The van der Waals surface area contributed by atoms with Crippen molar-refractivity contribution in [2.24, 2.45) is 5.73 Å². The second-order valence-corrected chi connectivity index (χ2v) is 7.70. The molecule has 1 aromatic carbocycles. The number of benzene rings is 1. The van der Waals surface area contributed by atoms with Crippen LogP contribution in [0.15, 0.2) is 22.7 Å². The van der Waals surface area contributed by atoms with Crippen molar-refractivity contribution in [3.63, 3.8) is 0 Å². The third kappa shape index (κ3) is 3.92. The molecule has 0 unspecified atom stereocenters. The van der Waals surface area contributed by atoms with E-state index in [-0.39, 0.29) is 19.0 Å². The van der Waals surface area contributed by atoms with E-state index in [9.17, 15) is 5.11 Å². The molecule has 2 heterocycles. The van der Waals surface area contributed by atoms with Gasteiger partial charge < -0.3 is 24.7 Å². The highest BCUT2D eigenvalue weighted by atomic mass is 35.5. The first-order chi connectivity index (χ1) is 13.5. The maximum Gasteiger partial charge on any atom is 0.141 e. The summed E-state index contributed by atoms with van der Waals surface area (Å²) in [5, 5.41) is 13.7. The maximum absolute atomic E-state index is 9.67. The molecule has 4 rings (SSSR count). The molecule has 3 N–H and O–H groups in total. The molecule has 2 aromatic heterocycles. The summed E-state index contributed by atoms with van der Waals surface area (Å²) in [4.78, 5) is 4.82. The van der Waals surface area contributed by atoms with Gasteiger partial charge in [-0.3, -0.25) is 0 Å². The molecule has 1 atom stereocenters. The van der Waals surface area contributed by atoms with Crippen molar-refractivity contribution in [1.29, 1.82) is 0 Å². The van der Waals surface area contributed by atoms with Crippen molar-refractivity contribution in [2.75, 3.05) is 13.7 Å². The van der Waals surface area contributed by atoms with E-state index in [0.29, 0.717) is 12.1 Å². The van der Waals surface area contributed by atoms with E-state index in [1.807, 2.05) is 13.8 Å². The number of nitrogens with two attached hydrogens (primary N) is 1. The van der Waals surface area contributed by atoms with E-state index in [1.54, 1.807) is 7.11 Å². The quantitative estimate of drug-likeness (QED) is 0.650. The predicted octanol–water partition coefficient (Wildman–Crippen LogP) is 3.85. The van der Waals surface area contributed by atoms with Crippen LogP contribution in [0.4, 0.5) is 0 Å². The van der Waals surface area contributed by atoms with Crippen molar-refractivity contribution in [3.8, 4) is 11.1 Å². The lowest BCUT2D eigenvalue weighted by Gasteiger charge is -2.30. The van der Waals surface area contributed by atoms with E-state index in [2.05, 4.69) is 27.9 Å². The van der Waals surface area contributed by atoms with Crippen LogP contribution in [-0.4, -0.2) is 39.6 Å². The van der Waals surface area contributed by atoms with Crippen LogP contribution >= 0.6 is 12.4 Å². The molecule has 1 fully saturated rings. The molecule has 0 aliphatic heterocycles. The molecule has 0 spiro atoms. The van der Waals surface area contributed by atoms with Crippen molar-refractivity contribution >= 4 is 23.4 Å². The Bertz CT molecular complexity index is 956. The first-order valence-corrected chi connectivity index (χ1v) is 9.87. The van der Waals surface area contributed by atoms with Gasteiger partial charge in [0.05, 0.1) is 35.5 Å². The van der Waals surface area contributed by atoms with Gasteiger partial charge in [0, 0.05) is 18.7 Å². The second-order valence-electron chi connectivity index (χ2n) is 7.70. The molecular formula is C21H29ClN4O3. The molecule has 29 heavy (non-hydrogen) atoms. The number of nitrogens with zero attached hydrogens (tertiary/aromatic N) is 3. The van der Waals surface area contributed by atoms with Gasteiger partial charge in [0.25, 0.3) is 0 Å². The Kier molecular flexibility index (Phi) is 6.63. The van der Waals surface area contributed by atoms with Crippen LogP contribution in [0.3, 0.4) is 0 Å². The number of aliphatic hydroxyl groups excluding tert-OH is 1. The van der Waals surface area contributed by atoms with Crippen LogP contribution in [-0.2, 0) is 4.74 Å². The monoisotopic (exact) mass is 420 g/mol. The number of aromatic nitrogens is 3. The number of aryl methyl sites for hydroxylation is 2. The Hall–Kier alpha value is -1.93. The third-order valence-electron chi connectivity index (χ3n) is 5.91. The van der Waals surface area contributed by atoms with Gasteiger partial charge in [-0.2, -0.15) is 0 Å². The molecule has 7 nitrogen and oxygen atoms in total. The summed E-state index contributed by atoms with van der Waals surface area (Å²) in [6.07, 6.45) is 4.39. The number of fused-ring (bicyclic) bond motifs is 1. The number of imidazole rings is 1. The highest BCUT2D eigenvalue weighted by molar-refractivity contribution is 5.85. The number of hydrogen-bond donors (Lipinski definition) is 2. The molecule has 1 aliphatic rings. The minimum atomic E-state index is -0.505. The number of aliphatic hydroxyl groups is 1. The molecule has 0 bridgehead atoms. The summed E-state index contributed by atoms with van der Waals surface area (Å²) >= 11 is 0. The van der Waals surface area contributed by atoms with Gasteiger partial charge in [0.2, 0.25) is 0 Å². The topological polar surface area (TPSA) is 99.3 Å². The second kappa shape index (κ2) is 8.83. The Morgan fingerprint density at radius 1 is 1.28 bits per heavy atom. The maximum atomic E-state index is 9.67. The average molecular weight is 421 g/mol. The van der Waals surface area contributed by atoms with Gasteiger partial charge in [-0.1, -0.05) is 11.2 Å². The Balaban J connectivity index is 0.00000240. The number of halogens is 1. The van der Waals surface area contributed by atoms with Crippen LogP contribution in [0.1, 0.15) is 55.0 Å². The number of ether oxygens (including phenoxy) is 1. The minimum Gasteiger partial charge on any atom is -0.394 e. The third-order valence-corrected chi connectivity index (χ3v) is 5.91. The van der Waals surface area contributed by atoms with Gasteiger partial charge in [0.1, 0.15) is 11.6 Å². The predicted molar refractivity (Wildman–Crippen MR) is 114 cm³/mol. The molecule has 158 valence electrons. The zero-order valence-corrected chi connectivity index (χ0v) is 17.9. The molecule has 0 amide bonds. The average Bonchev–Trinajstić information content (AvgIpc) is 3.26. The van der Waals surface area contributed by atoms with Crippen molar-refractivity contribution in [2.45, 2.75) is 57.7 Å². The summed E-state index contributed by atoms with van der Waals surface area (Å²) in [6, 6.07) is 6.05. The lowest BCUT2D eigenvalue weighted by atomic mass is 9.92. The zero-order chi connectivity index (χ0) is 19.8. The highest BCUT2D eigenvalue weighted by Crippen LogP contribution is 2.36. The Morgan fingerprint density at radius 3 is 2.59 bits per heavy atom. The lowest BCUT2D eigenvalue weighted by molar-refractivity contribution is 0.0583. The van der Waals surface area contributed by atoms with E-state index in [1.165, 1.54) is 0 Å². The van der Waals surface area contributed by atoms with Crippen LogP contribution in [0.5, 0.6) is 0 Å². The normalized spacial score (nSPS) is 20.6. The summed E-state index contributed by atoms with van der Waals surface area (Å²) in [6.45, 7) is 3.73. The van der Waals surface area contributed by atoms with Crippen LogP contribution < -0.4 is 5.73 Å². The Morgan fingerprint density at radius 2 is 2.00 bits per heavy atom. The van der Waals surface area contributed by atoms with Crippen molar-refractivity contribution in [3.05, 3.63) is 35.5 Å². The van der Waals surface area contributed by atoms with Crippen molar-refractivity contribution in [1.82, 2.24) is 14.7 Å². The summed E-state index contributed by atoms with van der Waals surface area (Å²) in [5.74, 6) is 1.54. The molecular weight excluding hydrogens is 392 g/mol. The number of hydrogen-bond acceptors (Lipinski definition) is 6. The van der Waals surface area contributed by atoms with E-state index in [0.717, 1.165) is 65.1 Å². The van der Waals surface area contributed by atoms with Crippen LogP contribution in [0, 0.1) is 13.8 Å². The van der Waals surface area contributed by atoms with E-state index in [4.69, 9.17) is 20.0 Å². The first-order valence-electron chi connectivity index (χ1n) is 9.87. The molecule has 0 radical (unpaired) electrons. The molecule has 1 saturated carbocycles. The fourth-order valence-electron chi connectivity index (χ4n) is 4.43. The Labute approximate surface area is 176 Å². The molecule has 3 aromatic rings. The van der Waals surface area contributed by atoms with E-state index >= 15 is 0 Å². The molecule has 8 heteroatoms. The zero-order valence-electron chi connectivity index (χ0n) is 17.1. The smallest absolute Gasteiger partial charge is 0.141 e. The SMILES string of the molecule is COC1CCC(n2c([C@@H](N)CO)nc3cc(-c4c(C)noc4C)ccc32)CC1.Cl. The molecule has 0 saturated heterocycles. The fourth-order valence-corrected chi connectivity index (χ4v) is 4.43. The highest BCUT2D eigenvalue weighted by Gasteiger charge is 2.27. The number of rotatable bonds is 5. The van der Waals surface area contributed by atoms with E-state index < -0.39 is 6.04 Å². The van der Waals surface area contributed by atoms with Gasteiger partial charge >= 0.3 is 0 Å². The molecule has 1 aliphatic carbocycles. The summed E-state index contributed by atoms with van der Waals surface area (Å²) in [7, 11) is 1.78. The first kappa shape index (κ1) is 21.8. The van der Waals surface area contributed by atoms with Gasteiger partial charge in [-0.15, -0.1) is 12.4 Å². The standard InChI is InChI=1S/C21H28N4O3.ClH/c1-12-20(13(2)28-24-12)14-4-9-19-18(10-14)23-21(17(22)11-26)25(19)15-5-7-16(27-3)8-6-15;/h4,9-10,15-17,26H,5-8,11,22H2,1-3H3;1H/t15?,16?,17-;/m0./s1. The van der Waals surface area contributed by atoms with Crippen molar-refractivity contribution < 1.29 is 14.4 Å². The van der Waals surface area contributed by atoms with Gasteiger partial charge in [-0.25, -0.2) is 4.98 Å². The van der Waals surface area contributed by atoms with Crippen LogP contribution in [0.25, 0.3) is 22.2 Å². The van der Waals surface area contributed by atoms with Crippen LogP contribution in [0.2, 0.25) is 0 Å². The van der Waals surface area contributed by atoms with Gasteiger partial charge in [-0.05, 0) is 57.2 Å². The summed E-state index contributed by atoms with van der Waals surface area (Å²) in [5.41, 5.74) is 11.0. The lowest BCUT2D eigenvalue weighted by Crippen LogP contribution is -2.27. The minimum absolute atomic E-state index is 0. The summed E-state index contributed by atoms with van der Waals surface area (Å²) < 4.78 is 13.1.